The van der Waals surface area contributed by atoms with Crippen LogP contribution in [-0.4, -0.2) is 0 Å². The second-order valence-electron chi connectivity index (χ2n) is 3.93. The van der Waals surface area contributed by atoms with E-state index < -0.39 is 11.9 Å². The zero-order valence-electron chi connectivity index (χ0n) is 9.63. The van der Waals surface area contributed by atoms with Crippen molar-refractivity contribution in [2.75, 3.05) is 0 Å². The molecule has 0 amide bonds. The monoisotopic (exact) mass is 362 g/mol. The number of halogens is 4. The van der Waals surface area contributed by atoms with Crippen molar-refractivity contribution in [2.45, 2.75) is 6.04 Å². The van der Waals surface area contributed by atoms with Crippen LogP contribution >= 0.6 is 39.1 Å². The fraction of sp³-hybridized carbons (Fsp3) is 0.0769. The van der Waals surface area contributed by atoms with Gasteiger partial charge in [-0.25, -0.2) is 9.82 Å². The maximum atomic E-state index is 14.0. The zero-order valence-corrected chi connectivity index (χ0v) is 12.7. The molecule has 0 saturated carbocycles. The first-order chi connectivity index (χ1) is 9.02. The number of rotatable bonds is 3. The van der Waals surface area contributed by atoms with Crippen LogP contribution in [-0.2, 0) is 0 Å². The minimum atomic E-state index is -0.544. The van der Waals surface area contributed by atoms with Gasteiger partial charge in [-0.05, 0) is 29.8 Å². The van der Waals surface area contributed by atoms with Crippen LogP contribution < -0.4 is 11.3 Å². The van der Waals surface area contributed by atoms with Crippen LogP contribution in [0.1, 0.15) is 17.2 Å². The maximum Gasteiger partial charge on any atom is 0.129 e. The Balaban J connectivity index is 2.50. The molecule has 2 nitrogen and oxygen atoms in total. The molecular weight excluding hydrogens is 354 g/mol. The quantitative estimate of drug-likeness (QED) is 0.624. The Morgan fingerprint density at radius 3 is 2.37 bits per heavy atom. The van der Waals surface area contributed by atoms with Gasteiger partial charge in [0.25, 0.3) is 0 Å². The molecule has 2 aromatic carbocycles. The summed E-state index contributed by atoms with van der Waals surface area (Å²) >= 11 is 15.2. The highest BCUT2D eigenvalue weighted by Gasteiger charge is 2.19. The topological polar surface area (TPSA) is 38.0 Å². The van der Waals surface area contributed by atoms with E-state index in [2.05, 4.69) is 21.4 Å². The molecule has 0 spiro atoms. The SMILES string of the molecule is NNC(c1ccc(Cl)cc1F)c1ccc(Br)cc1Cl. The van der Waals surface area contributed by atoms with Gasteiger partial charge in [-0.1, -0.05) is 51.3 Å². The summed E-state index contributed by atoms with van der Waals surface area (Å²) in [6, 6.07) is 9.23. The van der Waals surface area contributed by atoms with Crippen molar-refractivity contribution in [1.82, 2.24) is 5.43 Å². The van der Waals surface area contributed by atoms with Crippen molar-refractivity contribution >= 4 is 39.1 Å². The number of benzene rings is 2. The molecule has 0 aromatic heterocycles. The number of nitrogens with one attached hydrogen (secondary N) is 1. The summed E-state index contributed by atoms with van der Waals surface area (Å²) in [4.78, 5) is 0. The van der Waals surface area contributed by atoms with Crippen LogP contribution in [0, 0.1) is 5.82 Å². The lowest BCUT2D eigenvalue weighted by Crippen LogP contribution is -2.29. The second-order valence-corrected chi connectivity index (χ2v) is 5.69. The molecule has 0 radical (unpaired) electrons. The van der Waals surface area contributed by atoms with E-state index in [1.54, 1.807) is 24.3 Å². The fourth-order valence-corrected chi connectivity index (χ4v) is 2.76. The van der Waals surface area contributed by atoms with Gasteiger partial charge in [0.1, 0.15) is 5.82 Å². The van der Waals surface area contributed by atoms with Crippen LogP contribution in [0.4, 0.5) is 4.39 Å². The molecule has 0 heterocycles. The third-order valence-electron chi connectivity index (χ3n) is 2.71. The Labute approximate surface area is 128 Å². The van der Waals surface area contributed by atoms with Crippen molar-refractivity contribution < 1.29 is 4.39 Å². The predicted octanol–water partition coefficient (Wildman–Crippen LogP) is 4.45. The van der Waals surface area contributed by atoms with Crippen molar-refractivity contribution in [3.05, 3.63) is 67.9 Å². The molecule has 1 atom stereocenters. The standard InChI is InChI=1S/C13H10BrCl2FN2/c14-7-1-3-9(11(16)5-7)13(19-18)10-4-2-8(15)6-12(10)17/h1-6,13,19H,18H2. The normalized spacial score (nSPS) is 12.5. The van der Waals surface area contributed by atoms with Crippen molar-refractivity contribution in [2.24, 2.45) is 5.84 Å². The van der Waals surface area contributed by atoms with Crippen molar-refractivity contribution in [3.8, 4) is 0 Å². The molecule has 2 aromatic rings. The molecule has 3 N–H and O–H groups in total. The number of hydrogen-bond acceptors (Lipinski definition) is 2. The average molecular weight is 364 g/mol. The molecule has 1 unspecified atom stereocenters. The van der Waals surface area contributed by atoms with Gasteiger partial charge in [0.05, 0.1) is 6.04 Å². The summed E-state index contributed by atoms with van der Waals surface area (Å²) in [6.45, 7) is 0. The molecule has 0 aliphatic heterocycles. The van der Waals surface area contributed by atoms with E-state index >= 15 is 0 Å². The van der Waals surface area contributed by atoms with E-state index in [4.69, 9.17) is 29.0 Å². The van der Waals surface area contributed by atoms with Gasteiger partial charge >= 0.3 is 0 Å². The summed E-state index contributed by atoms with van der Waals surface area (Å²) < 4.78 is 14.8. The highest BCUT2D eigenvalue weighted by Crippen LogP contribution is 2.32. The van der Waals surface area contributed by atoms with Crippen LogP contribution in [0.2, 0.25) is 10.0 Å². The summed E-state index contributed by atoms with van der Waals surface area (Å²) in [5, 5.41) is 0.825. The lowest BCUT2D eigenvalue weighted by atomic mass is 9.99. The first kappa shape index (κ1) is 14.8. The maximum absolute atomic E-state index is 14.0. The number of hydrogen-bond donors (Lipinski definition) is 2. The van der Waals surface area contributed by atoms with Crippen LogP contribution in [0.15, 0.2) is 40.9 Å². The van der Waals surface area contributed by atoms with E-state index in [0.717, 1.165) is 4.47 Å². The van der Waals surface area contributed by atoms with Gasteiger partial charge < -0.3 is 0 Å². The third-order valence-corrected chi connectivity index (χ3v) is 3.77. The molecule has 0 aliphatic rings. The molecule has 0 saturated heterocycles. The first-order valence-electron chi connectivity index (χ1n) is 5.39. The molecule has 19 heavy (non-hydrogen) atoms. The smallest absolute Gasteiger partial charge is 0.129 e. The van der Waals surface area contributed by atoms with Gasteiger partial charge in [-0.15, -0.1) is 0 Å². The summed E-state index contributed by atoms with van der Waals surface area (Å²) in [5.74, 6) is 5.09. The van der Waals surface area contributed by atoms with Crippen LogP contribution in [0.25, 0.3) is 0 Å². The van der Waals surface area contributed by atoms with Gasteiger partial charge in [-0.3, -0.25) is 5.84 Å². The Kier molecular flexibility index (Phi) is 4.81. The summed E-state index contributed by atoms with van der Waals surface area (Å²) in [7, 11) is 0. The third kappa shape index (κ3) is 3.27. The van der Waals surface area contributed by atoms with Crippen LogP contribution in [0.5, 0.6) is 0 Å². The van der Waals surface area contributed by atoms with Crippen molar-refractivity contribution in [3.63, 3.8) is 0 Å². The van der Waals surface area contributed by atoms with E-state index in [0.29, 0.717) is 21.2 Å². The second kappa shape index (κ2) is 6.20. The minimum Gasteiger partial charge on any atom is -0.271 e. The van der Waals surface area contributed by atoms with Crippen LogP contribution in [0.3, 0.4) is 0 Å². The number of nitrogens with two attached hydrogens (primary N) is 1. The van der Waals surface area contributed by atoms with E-state index in [9.17, 15) is 4.39 Å². The zero-order chi connectivity index (χ0) is 14.0. The Morgan fingerprint density at radius 2 is 1.79 bits per heavy atom. The van der Waals surface area contributed by atoms with E-state index in [1.807, 2.05) is 6.07 Å². The minimum absolute atomic E-state index is 0.332. The first-order valence-corrected chi connectivity index (χ1v) is 6.94. The van der Waals surface area contributed by atoms with Gasteiger partial charge in [0.15, 0.2) is 0 Å². The molecule has 2 rings (SSSR count). The van der Waals surface area contributed by atoms with Gasteiger partial charge in [-0.2, -0.15) is 0 Å². The Bertz CT molecular complexity index is 556. The number of hydrazine groups is 1. The van der Waals surface area contributed by atoms with E-state index in [1.165, 1.54) is 6.07 Å². The van der Waals surface area contributed by atoms with Crippen molar-refractivity contribution in [1.29, 1.82) is 0 Å². The van der Waals surface area contributed by atoms with E-state index in [-0.39, 0.29) is 0 Å². The highest BCUT2D eigenvalue weighted by molar-refractivity contribution is 9.10. The summed E-state index contributed by atoms with van der Waals surface area (Å²) in [6.07, 6.45) is 0. The molecule has 100 valence electrons. The Morgan fingerprint density at radius 1 is 1.11 bits per heavy atom. The largest absolute Gasteiger partial charge is 0.271 e. The molecule has 6 heteroatoms. The summed E-state index contributed by atoms with van der Waals surface area (Å²) in [5.41, 5.74) is 3.65. The molecule has 0 aliphatic carbocycles. The predicted molar refractivity (Wildman–Crippen MR) is 79.7 cm³/mol. The fourth-order valence-electron chi connectivity index (χ4n) is 1.82. The van der Waals surface area contributed by atoms with Gasteiger partial charge in [0.2, 0.25) is 0 Å². The highest BCUT2D eigenvalue weighted by atomic mass is 79.9. The average Bonchev–Trinajstić information content (AvgIpc) is 2.34. The molecule has 0 bridgehead atoms. The molecular formula is C13H10BrCl2FN2. The lowest BCUT2D eigenvalue weighted by molar-refractivity contribution is 0.560. The molecule has 0 fully saturated rings. The lowest BCUT2D eigenvalue weighted by Gasteiger charge is -2.19. The van der Waals surface area contributed by atoms with Gasteiger partial charge in [0, 0.05) is 20.1 Å². The Hall–Kier alpha value is -0.650.